The smallest absolute Gasteiger partial charge is 0.320 e. The van der Waals surface area contributed by atoms with Crippen LogP contribution < -0.4 is 11.5 Å². The van der Waals surface area contributed by atoms with Crippen molar-refractivity contribution in [3.63, 3.8) is 0 Å². The van der Waals surface area contributed by atoms with Crippen LogP contribution in [0.1, 0.15) is 124 Å². The molecule has 0 bridgehead atoms. The molecule has 0 saturated heterocycles. The van der Waals surface area contributed by atoms with E-state index in [2.05, 4.69) is 37.4 Å². The van der Waals surface area contributed by atoms with Gasteiger partial charge in [0.05, 0.1) is 0 Å². The molecule has 0 saturated carbocycles. The zero-order chi connectivity index (χ0) is 29.5. The first-order valence-electron chi connectivity index (χ1n) is 14.1. The number of carbonyl (C=O) groups is 2. The van der Waals surface area contributed by atoms with E-state index in [1.54, 1.807) is 25.9 Å². The normalized spacial score (nSPS) is 10.8. The first kappa shape index (κ1) is 42.2. The number of nitrogens with two attached hydrogens (primary N) is 2. The second-order valence-electron chi connectivity index (χ2n) is 10.1. The number of hydrogen-bond acceptors (Lipinski definition) is 5. The van der Waals surface area contributed by atoms with E-state index in [9.17, 15) is 4.79 Å². The van der Waals surface area contributed by atoms with E-state index in [4.69, 9.17) is 20.4 Å². The Bertz CT molecular complexity index is 483. The van der Waals surface area contributed by atoms with Crippen LogP contribution in [0, 0.1) is 5.41 Å². The lowest BCUT2D eigenvalue weighted by molar-refractivity contribution is -0.141. The number of aliphatic carboxylic acids is 2. The summed E-state index contributed by atoms with van der Waals surface area (Å²) in [7, 11) is 7.81. The van der Waals surface area contributed by atoms with E-state index in [0.717, 1.165) is 6.92 Å². The van der Waals surface area contributed by atoms with Gasteiger partial charge in [0.1, 0.15) is 6.04 Å². The standard InChI is InChI=1S/C20H43N.C5H11NO2.C2H4O2.CH5N3/c1-4-5-6-7-8-9-10-11-12-13-14-15-16-17-18-19-20-21(2)3;1-4(5(7)8)6(2)3;1-2(3)4;2-1(3)4/h4-20H2,1-3H3;4H,1-3H3,(H,7,8);1H3,(H,3,4);(H5,2,3,4). The summed E-state index contributed by atoms with van der Waals surface area (Å²) >= 11 is 0. The molecule has 0 aromatic carbocycles. The number of guanidine groups is 1. The van der Waals surface area contributed by atoms with Crippen LogP contribution in [-0.4, -0.2) is 78.7 Å². The molecule has 0 heterocycles. The van der Waals surface area contributed by atoms with Gasteiger partial charge in [0.2, 0.25) is 0 Å². The molecule has 0 fully saturated rings. The second-order valence-corrected chi connectivity index (χ2v) is 10.1. The summed E-state index contributed by atoms with van der Waals surface area (Å²) in [5.41, 5.74) is 8.94. The Morgan fingerprint density at radius 2 is 0.946 bits per heavy atom. The predicted molar refractivity (Wildman–Crippen MR) is 158 cm³/mol. The second kappa shape index (κ2) is 34.1. The number of rotatable bonds is 19. The van der Waals surface area contributed by atoms with E-state index >= 15 is 0 Å². The molecule has 0 aromatic rings. The fraction of sp³-hybridized carbons (Fsp3) is 0.893. The zero-order valence-corrected chi connectivity index (χ0v) is 25.4. The fourth-order valence-electron chi connectivity index (χ4n) is 3.20. The van der Waals surface area contributed by atoms with Crippen LogP contribution >= 0.6 is 0 Å². The quantitative estimate of drug-likeness (QED) is 0.0796. The number of carboxylic acids is 2. The van der Waals surface area contributed by atoms with Crippen molar-refractivity contribution in [1.29, 1.82) is 5.41 Å². The van der Waals surface area contributed by atoms with Gasteiger partial charge in [-0.05, 0) is 48.1 Å². The Hall–Kier alpha value is -1.87. The molecule has 0 aliphatic rings. The van der Waals surface area contributed by atoms with Crippen LogP contribution in [0.4, 0.5) is 0 Å². The topological polar surface area (TPSA) is 157 Å². The monoisotopic (exact) mass is 533 g/mol. The largest absolute Gasteiger partial charge is 0.481 e. The Labute approximate surface area is 228 Å². The van der Waals surface area contributed by atoms with Gasteiger partial charge < -0.3 is 26.6 Å². The number of likely N-dealkylation sites (N-methyl/N-ethyl adjacent to an activating group) is 1. The average molecular weight is 534 g/mol. The lowest BCUT2D eigenvalue weighted by Crippen LogP contribution is -2.32. The van der Waals surface area contributed by atoms with Crippen molar-refractivity contribution in [2.75, 3.05) is 34.7 Å². The average Bonchev–Trinajstić information content (AvgIpc) is 2.77. The fourth-order valence-corrected chi connectivity index (χ4v) is 3.20. The Balaban J connectivity index is -0.000000276. The minimum atomic E-state index is -0.833. The molecule has 0 amide bonds. The number of hydrogen-bond donors (Lipinski definition) is 5. The van der Waals surface area contributed by atoms with Crippen molar-refractivity contribution in [2.45, 2.75) is 130 Å². The summed E-state index contributed by atoms with van der Waals surface area (Å²) in [5.74, 6) is -1.95. The van der Waals surface area contributed by atoms with Gasteiger partial charge in [-0.1, -0.05) is 103 Å². The van der Waals surface area contributed by atoms with Crippen molar-refractivity contribution in [1.82, 2.24) is 9.80 Å². The van der Waals surface area contributed by atoms with Gasteiger partial charge in [-0.25, -0.2) is 0 Å². The van der Waals surface area contributed by atoms with Gasteiger partial charge in [0.15, 0.2) is 5.96 Å². The summed E-state index contributed by atoms with van der Waals surface area (Å²) < 4.78 is 0. The van der Waals surface area contributed by atoms with Gasteiger partial charge in [-0.3, -0.25) is 19.9 Å². The van der Waals surface area contributed by atoms with Crippen molar-refractivity contribution in [3.8, 4) is 0 Å². The highest BCUT2D eigenvalue weighted by Crippen LogP contribution is 2.13. The van der Waals surface area contributed by atoms with Crippen LogP contribution in [0.3, 0.4) is 0 Å². The molecule has 224 valence electrons. The van der Waals surface area contributed by atoms with E-state index in [1.165, 1.54) is 109 Å². The molecule has 0 rings (SSSR count). The van der Waals surface area contributed by atoms with E-state index < -0.39 is 11.9 Å². The van der Waals surface area contributed by atoms with Crippen molar-refractivity contribution < 1.29 is 19.8 Å². The maximum atomic E-state index is 10.1. The minimum absolute atomic E-state index is 0.333. The summed E-state index contributed by atoms with van der Waals surface area (Å²) in [6.45, 7) is 6.28. The molecule has 0 spiro atoms. The van der Waals surface area contributed by atoms with Gasteiger partial charge in [-0.15, -0.1) is 0 Å². The zero-order valence-electron chi connectivity index (χ0n) is 25.4. The lowest BCUT2D eigenvalue weighted by atomic mass is 10.0. The van der Waals surface area contributed by atoms with Gasteiger partial charge in [0, 0.05) is 6.92 Å². The number of carboxylic acid groups (broad SMARTS) is 2. The highest BCUT2D eigenvalue weighted by molar-refractivity contribution is 5.72. The molecule has 9 heteroatoms. The molecule has 9 nitrogen and oxygen atoms in total. The maximum Gasteiger partial charge on any atom is 0.320 e. The maximum absolute atomic E-state index is 10.1. The molecule has 1 unspecified atom stereocenters. The van der Waals surface area contributed by atoms with Crippen LogP contribution in [-0.2, 0) is 9.59 Å². The lowest BCUT2D eigenvalue weighted by Gasteiger charge is -2.13. The third kappa shape index (κ3) is 60.5. The van der Waals surface area contributed by atoms with E-state index in [0.29, 0.717) is 0 Å². The SMILES string of the molecule is CC(=O)O.CC(C(=O)O)N(C)C.CCCCCCCCCCCCCCCCCCN(C)C.N=C(N)N. The molecule has 37 heavy (non-hydrogen) atoms. The molecular formula is C28H63N5O4. The van der Waals surface area contributed by atoms with Gasteiger partial charge in [0.25, 0.3) is 5.97 Å². The molecule has 1 atom stereocenters. The number of nitrogens with one attached hydrogen (secondary N) is 1. The molecule has 0 radical (unpaired) electrons. The molecule has 0 aromatic heterocycles. The predicted octanol–water partition coefficient (Wildman–Crippen LogP) is 5.76. The van der Waals surface area contributed by atoms with Gasteiger partial charge in [-0.2, -0.15) is 0 Å². The Morgan fingerprint density at radius 3 is 1.11 bits per heavy atom. The summed E-state index contributed by atoms with van der Waals surface area (Å²) in [5, 5.41) is 21.8. The highest BCUT2D eigenvalue weighted by atomic mass is 16.4. The number of nitrogens with zero attached hydrogens (tertiary/aromatic N) is 2. The minimum Gasteiger partial charge on any atom is -0.481 e. The first-order valence-corrected chi connectivity index (χ1v) is 14.1. The molecular weight excluding hydrogens is 470 g/mol. The molecule has 0 aliphatic carbocycles. The van der Waals surface area contributed by atoms with Crippen molar-refractivity contribution in [2.24, 2.45) is 11.5 Å². The summed E-state index contributed by atoms with van der Waals surface area (Å²) in [6.07, 6.45) is 23.3. The molecule has 0 aliphatic heterocycles. The third-order valence-corrected chi connectivity index (χ3v) is 5.59. The third-order valence-electron chi connectivity index (χ3n) is 5.59. The summed E-state index contributed by atoms with van der Waals surface area (Å²) in [6, 6.07) is -0.380. The van der Waals surface area contributed by atoms with Crippen LogP contribution in [0.5, 0.6) is 0 Å². The van der Waals surface area contributed by atoms with Crippen molar-refractivity contribution in [3.05, 3.63) is 0 Å². The van der Waals surface area contributed by atoms with Crippen LogP contribution in [0.25, 0.3) is 0 Å². The van der Waals surface area contributed by atoms with Crippen LogP contribution in [0.2, 0.25) is 0 Å². The van der Waals surface area contributed by atoms with Crippen molar-refractivity contribution >= 4 is 17.9 Å². The van der Waals surface area contributed by atoms with Crippen LogP contribution in [0.15, 0.2) is 0 Å². The first-order chi connectivity index (χ1) is 17.3. The van der Waals surface area contributed by atoms with E-state index in [1.807, 2.05) is 0 Å². The Morgan fingerprint density at radius 1 is 0.703 bits per heavy atom. The molecule has 7 N–H and O–H groups in total. The van der Waals surface area contributed by atoms with Gasteiger partial charge >= 0.3 is 5.97 Å². The summed E-state index contributed by atoms with van der Waals surface area (Å²) in [4.78, 5) is 23.0. The number of unbranched alkanes of at least 4 members (excludes halogenated alkanes) is 15. The van der Waals surface area contributed by atoms with E-state index in [-0.39, 0.29) is 12.0 Å². The Kier molecular flexibility index (Phi) is 39.0. The highest BCUT2D eigenvalue weighted by Gasteiger charge is 2.11.